The van der Waals surface area contributed by atoms with Crippen LogP contribution in [-0.4, -0.2) is 23.7 Å². The lowest BCUT2D eigenvalue weighted by atomic mass is 10.2. The zero-order chi connectivity index (χ0) is 6.43. The number of piperidine rings is 1. The summed E-state index contributed by atoms with van der Waals surface area (Å²) in [6.45, 7) is 0.918. The predicted molar refractivity (Wildman–Crippen MR) is 31.0 cm³/mol. The quantitative estimate of drug-likeness (QED) is 0.507. The smallest absolute Gasteiger partial charge is 0.320 e. The molecule has 50 valence electrons. The molecule has 3 heteroatoms. The van der Waals surface area contributed by atoms with Crippen molar-refractivity contribution in [1.82, 2.24) is 5.32 Å². The number of aliphatic carboxylic acids is 1. The number of hydrogen-bond donors (Lipinski definition) is 2. The van der Waals surface area contributed by atoms with Gasteiger partial charge in [0.15, 0.2) is 0 Å². The molecular formula is C6H9NO2. The third kappa shape index (κ3) is 0.645. The van der Waals surface area contributed by atoms with Crippen LogP contribution in [0.2, 0.25) is 0 Å². The maximum Gasteiger partial charge on any atom is 0.320 e. The van der Waals surface area contributed by atoms with Gasteiger partial charge in [0.05, 0.1) is 0 Å². The van der Waals surface area contributed by atoms with Gasteiger partial charge in [-0.1, -0.05) is 0 Å². The van der Waals surface area contributed by atoms with E-state index in [2.05, 4.69) is 5.32 Å². The molecule has 1 aliphatic carbocycles. The molecule has 0 bridgehead atoms. The first kappa shape index (κ1) is 5.23. The molecule has 0 amide bonds. The van der Waals surface area contributed by atoms with E-state index >= 15 is 0 Å². The van der Waals surface area contributed by atoms with Crippen LogP contribution in [0.15, 0.2) is 0 Å². The van der Waals surface area contributed by atoms with Crippen molar-refractivity contribution in [2.75, 3.05) is 6.54 Å². The van der Waals surface area contributed by atoms with Crippen LogP contribution in [0, 0.1) is 11.8 Å². The summed E-state index contributed by atoms with van der Waals surface area (Å²) < 4.78 is 0. The lowest BCUT2D eigenvalue weighted by Gasteiger charge is -2.04. The Morgan fingerprint density at radius 1 is 1.67 bits per heavy atom. The molecule has 3 nitrogen and oxygen atoms in total. The zero-order valence-electron chi connectivity index (χ0n) is 5.00. The molecule has 2 fully saturated rings. The van der Waals surface area contributed by atoms with E-state index in [9.17, 15) is 4.79 Å². The van der Waals surface area contributed by atoms with Gasteiger partial charge in [-0.3, -0.25) is 4.79 Å². The van der Waals surface area contributed by atoms with Crippen molar-refractivity contribution >= 4 is 5.97 Å². The molecule has 1 heterocycles. The minimum atomic E-state index is -0.681. The van der Waals surface area contributed by atoms with Crippen LogP contribution in [0.3, 0.4) is 0 Å². The molecule has 9 heavy (non-hydrogen) atoms. The summed E-state index contributed by atoms with van der Waals surface area (Å²) in [4.78, 5) is 10.4. The van der Waals surface area contributed by atoms with Crippen molar-refractivity contribution in [2.24, 2.45) is 11.8 Å². The summed E-state index contributed by atoms with van der Waals surface area (Å²) in [7, 11) is 0. The average molecular weight is 127 g/mol. The zero-order valence-corrected chi connectivity index (χ0v) is 5.00. The Hall–Kier alpha value is -0.570. The summed E-state index contributed by atoms with van der Waals surface area (Å²) in [6, 6.07) is -0.227. The Morgan fingerprint density at radius 3 is 2.67 bits per heavy atom. The third-order valence-corrected chi connectivity index (χ3v) is 2.27. The molecule has 1 saturated heterocycles. The minimum Gasteiger partial charge on any atom is -0.480 e. The molecule has 2 aliphatic rings. The second-order valence-electron chi connectivity index (χ2n) is 2.88. The van der Waals surface area contributed by atoms with Gasteiger partial charge < -0.3 is 10.4 Å². The Balaban J connectivity index is 2.06. The number of carbonyl (C=O) groups is 1. The summed E-state index contributed by atoms with van der Waals surface area (Å²) in [5.74, 6) is 0.466. The molecule has 1 aliphatic heterocycles. The maximum atomic E-state index is 10.4. The fourth-order valence-corrected chi connectivity index (χ4v) is 1.61. The van der Waals surface area contributed by atoms with Crippen molar-refractivity contribution in [1.29, 1.82) is 0 Å². The topological polar surface area (TPSA) is 49.3 Å². The summed E-state index contributed by atoms with van der Waals surface area (Å²) in [5, 5.41) is 11.5. The van der Waals surface area contributed by atoms with Crippen LogP contribution < -0.4 is 5.32 Å². The molecule has 0 spiro atoms. The van der Waals surface area contributed by atoms with Gasteiger partial charge in [-0.2, -0.15) is 0 Å². The SMILES string of the molecule is O=C(O)[C@@H]1NC[C@H]2C[C@@H]21. The highest BCUT2D eigenvalue weighted by molar-refractivity contribution is 5.75. The first-order chi connectivity index (χ1) is 4.29. The summed E-state index contributed by atoms with van der Waals surface area (Å²) >= 11 is 0. The van der Waals surface area contributed by atoms with E-state index in [0.717, 1.165) is 13.0 Å². The normalized spacial score (nSPS) is 46.4. The van der Waals surface area contributed by atoms with Crippen LogP contribution in [-0.2, 0) is 4.79 Å². The van der Waals surface area contributed by atoms with Crippen LogP contribution >= 0.6 is 0 Å². The first-order valence-electron chi connectivity index (χ1n) is 3.25. The Kier molecular flexibility index (Phi) is 0.858. The maximum absolute atomic E-state index is 10.4. The van der Waals surface area contributed by atoms with Gasteiger partial charge in [0.2, 0.25) is 0 Å². The van der Waals surface area contributed by atoms with E-state index in [0.29, 0.717) is 11.8 Å². The van der Waals surface area contributed by atoms with E-state index in [4.69, 9.17) is 5.11 Å². The number of fused-ring (bicyclic) bond motifs is 1. The summed E-state index contributed by atoms with van der Waals surface area (Å²) in [6.07, 6.45) is 1.13. The van der Waals surface area contributed by atoms with Crippen molar-refractivity contribution in [2.45, 2.75) is 12.5 Å². The highest BCUT2D eigenvalue weighted by Crippen LogP contribution is 2.44. The molecule has 0 aromatic heterocycles. The van der Waals surface area contributed by atoms with E-state index in [1.807, 2.05) is 0 Å². The molecule has 2 rings (SSSR count). The average Bonchev–Trinajstić information content (AvgIpc) is 2.43. The number of nitrogens with one attached hydrogen (secondary N) is 1. The van der Waals surface area contributed by atoms with Crippen molar-refractivity contribution in [3.63, 3.8) is 0 Å². The number of carboxylic acids is 1. The Morgan fingerprint density at radius 2 is 2.44 bits per heavy atom. The van der Waals surface area contributed by atoms with Gasteiger partial charge in [0.25, 0.3) is 0 Å². The van der Waals surface area contributed by atoms with Gasteiger partial charge in [-0.05, 0) is 24.8 Å². The van der Waals surface area contributed by atoms with Crippen molar-refractivity contribution in [3.05, 3.63) is 0 Å². The fourth-order valence-electron chi connectivity index (χ4n) is 1.61. The van der Waals surface area contributed by atoms with Crippen LogP contribution in [0.25, 0.3) is 0 Å². The Labute approximate surface area is 53.1 Å². The Bertz CT molecular complexity index is 157. The largest absolute Gasteiger partial charge is 0.480 e. The molecule has 0 unspecified atom stereocenters. The first-order valence-corrected chi connectivity index (χ1v) is 3.25. The van der Waals surface area contributed by atoms with Gasteiger partial charge in [0.1, 0.15) is 6.04 Å². The van der Waals surface area contributed by atoms with Crippen LogP contribution in [0.5, 0.6) is 0 Å². The standard InChI is InChI=1S/C6H9NO2/c8-6(9)5-4-1-3(4)2-7-5/h3-5,7H,1-2H2,(H,8,9)/t3-,4+,5-/m1/s1. The highest BCUT2D eigenvalue weighted by Gasteiger charge is 2.51. The van der Waals surface area contributed by atoms with Gasteiger partial charge in [0, 0.05) is 0 Å². The lowest BCUT2D eigenvalue weighted by molar-refractivity contribution is -0.139. The molecule has 1 saturated carbocycles. The van der Waals surface area contributed by atoms with Crippen LogP contribution in [0.1, 0.15) is 6.42 Å². The molecule has 0 radical (unpaired) electrons. The fraction of sp³-hybridized carbons (Fsp3) is 0.833. The van der Waals surface area contributed by atoms with Gasteiger partial charge in [-0.15, -0.1) is 0 Å². The molecule has 3 atom stereocenters. The summed E-state index contributed by atoms with van der Waals surface area (Å²) in [5.41, 5.74) is 0. The number of carboxylic acid groups (broad SMARTS) is 1. The monoisotopic (exact) mass is 127 g/mol. The molecule has 0 aromatic carbocycles. The van der Waals surface area contributed by atoms with Gasteiger partial charge >= 0.3 is 5.97 Å². The molecule has 0 aromatic rings. The molecule has 2 N–H and O–H groups in total. The minimum absolute atomic E-state index is 0.227. The van der Waals surface area contributed by atoms with Crippen molar-refractivity contribution < 1.29 is 9.90 Å². The number of hydrogen-bond acceptors (Lipinski definition) is 2. The molecular weight excluding hydrogens is 118 g/mol. The van der Waals surface area contributed by atoms with Gasteiger partial charge in [-0.25, -0.2) is 0 Å². The second kappa shape index (κ2) is 1.48. The third-order valence-electron chi connectivity index (χ3n) is 2.27. The second-order valence-corrected chi connectivity index (χ2v) is 2.88. The van der Waals surface area contributed by atoms with Crippen LogP contribution in [0.4, 0.5) is 0 Å². The highest BCUT2D eigenvalue weighted by atomic mass is 16.4. The number of rotatable bonds is 1. The van der Waals surface area contributed by atoms with E-state index < -0.39 is 5.97 Å². The van der Waals surface area contributed by atoms with Crippen molar-refractivity contribution in [3.8, 4) is 0 Å². The predicted octanol–water partition coefficient (Wildman–Crippen LogP) is -0.321. The van der Waals surface area contributed by atoms with E-state index in [1.165, 1.54) is 0 Å². The van der Waals surface area contributed by atoms with E-state index in [1.54, 1.807) is 0 Å². The van der Waals surface area contributed by atoms with E-state index in [-0.39, 0.29) is 6.04 Å². The lowest BCUT2D eigenvalue weighted by Crippen LogP contribution is -2.34.